The summed E-state index contributed by atoms with van der Waals surface area (Å²) in [6.45, 7) is 0.238. The van der Waals surface area contributed by atoms with Crippen LogP contribution in [-0.2, 0) is 0 Å². The van der Waals surface area contributed by atoms with Crippen LogP contribution in [0.5, 0.6) is 0 Å². The second kappa shape index (κ2) is 5.21. The molecule has 0 amide bonds. The van der Waals surface area contributed by atoms with Gasteiger partial charge in [0.25, 0.3) is 0 Å². The number of halogens is 4. The number of likely N-dealkylation sites (tertiary alicyclic amines) is 1. The van der Waals surface area contributed by atoms with Crippen molar-refractivity contribution in [1.29, 1.82) is 0 Å². The minimum Gasteiger partial charge on any atom is -0.295 e. The molecule has 1 rings (SSSR count). The molecule has 80 valence electrons. The zero-order valence-corrected chi connectivity index (χ0v) is 9.73. The number of nitrogens with zero attached hydrogens (tertiary/aromatic N) is 1. The van der Waals surface area contributed by atoms with E-state index in [0.717, 1.165) is 12.8 Å². The van der Waals surface area contributed by atoms with Crippen molar-refractivity contribution in [2.24, 2.45) is 5.92 Å². The van der Waals surface area contributed by atoms with Gasteiger partial charge in [0.2, 0.25) is 0 Å². The topological polar surface area (TPSA) is 3.24 Å². The van der Waals surface area contributed by atoms with Gasteiger partial charge in [-0.05, 0) is 29.9 Å². The minimum atomic E-state index is -4.07. The molecular weight excluding hydrogens is 306 g/mol. The van der Waals surface area contributed by atoms with E-state index in [0.29, 0.717) is 13.1 Å². The summed E-state index contributed by atoms with van der Waals surface area (Å²) < 4.78 is 38.8. The van der Waals surface area contributed by atoms with E-state index in [-0.39, 0.29) is 5.92 Å². The van der Waals surface area contributed by atoms with Crippen LogP contribution >= 0.6 is 22.6 Å². The van der Waals surface area contributed by atoms with Gasteiger partial charge in [-0.15, -0.1) is 0 Å². The van der Waals surface area contributed by atoms with E-state index in [4.69, 9.17) is 0 Å². The zero-order valence-electron chi connectivity index (χ0n) is 7.57. The molecule has 0 saturated carbocycles. The summed E-state index contributed by atoms with van der Waals surface area (Å²) >= 11 is 1.96. The van der Waals surface area contributed by atoms with Crippen LogP contribution in [0.15, 0.2) is 0 Å². The summed E-state index contributed by atoms with van der Waals surface area (Å²) in [7, 11) is 0. The van der Waals surface area contributed by atoms with E-state index < -0.39 is 12.7 Å². The van der Waals surface area contributed by atoms with Crippen LogP contribution in [0.2, 0.25) is 0 Å². The molecule has 0 unspecified atom stereocenters. The van der Waals surface area contributed by atoms with Crippen LogP contribution in [0.25, 0.3) is 0 Å². The summed E-state index contributed by atoms with van der Waals surface area (Å²) in [6, 6.07) is 0. The van der Waals surface area contributed by atoms with E-state index in [9.17, 15) is 13.2 Å². The van der Waals surface area contributed by atoms with Crippen LogP contribution in [0.1, 0.15) is 12.8 Å². The summed E-state index contributed by atoms with van der Waals surface area (Å²) in [4.78, 5) is 1.45. The third-order valence-corrected chi connectivity index (χ3v) is 2.56. The quantitative estimate of drug-likeness (QED) is 0.531. The fraction of sp³-hybridized carbons (Fsp3) is 0.778. The Balaban J connectivity index is 2.31. The Morgan fingerprint density at radius 3 is 2.29 bits per heavy atom. The Hall–Kier alpha value is 0.0400. The second-order valence-corrected chi connectivity index (χ2v) is 3.94. The number of hydrogen-bond acceptors (Lipinski definition) is 1. The highest BCUT2D eigenvalue weighted by Crippen LogP contribution is 2.21. The molecule has 1 saturated heterocycles. The van der Waals surface area contributed by atoms with Crippen LogP contribution in [-0.4, -0.2) is 30.7 Å². The van der Waals surface area contributed by atoms with Crippen molar-refractivity contribution >= 4 is 22.6 Å². The fourth-order valence-electron chi connectivity index (χ4n) is 1.57. The highest BCUT2D eigenvalue weighted by Gasteiger charge is 2.32. The molecule has 0 radical (unpaired) electrons. The molecular formula is C9H11F3IN. The Bertz CT molecular complexity index is 233. The molecule has 1 aliphatic heterocycles. The van der Waals surface area contributed by atoms with Crippen LogP contribution in [0.4, 0.5) is 13.2 Å². The first-order chi connectivity index (χ1) is 6.51. The van der Waals surface area contributed by atoms with E-state index in [1.54, 1.807) is 0 Å². The second-order valence-electron chi connectivity index (χ2n) is 3.40. The average molecular weight is 317 g/mol. The third kappa shape index (κ3) is 4.51. The van der Waals surface area contributed by atoms with Gasteiger partial charge in [0.1, 0.15) is 0 Å². The smallest absolute Gasteiger partial charge is 0.295 e. The average Bonchev–Trinajstić information content (AvgIpc) is 2.06. The molecule has 0 spiro atoms. The molecule has 0 N–H and O–H groups in total. The van der Waals surface area contributed by atoms with Crippen molar-refractivity contribution in [3.05, 3.63) is 0 Å². The van der Waals surface area contributed by atoms with Crippen LogP contribution in [0, 0.1) is 15.8 Å². The van der Waals surface area contributed by atoms with Gasteiger partial charge >= 0.3 is 6.18 Å². The standard InChI is InChI=1S/C9H11F3IN/c10-9(11,12)7-14-5-2-8(1-4-13)3-6-14/h8H,2-3,5-7H2. The fourth-order valence-corrected chi connectivity index (χ4v) is 2.01. The minimum absolute atomic E-state index is 0.288. The Kier molecular flexibility index (Phi) is 4.51. The van der Waals surface area contributed by atoms with Crippen molar-refractivity contribution in [3.8, 4) is 9.85 Å². The molecule has 1 heterocycles. The van der Waals surface area contributed by atoms with Gasteiger partial charge in [0.15, 0.2) is 0 Å². The zero-order chi connectivity index (χ0) is 10.6. The lowest BCUT2D eigenvalue weighted by Crippen LogP contribution is -2.39. The Labute approximate surface area is 95.2 Å². The molecule has 0 aromatic rings. The molecule has 1 nitrogen and oxygen atoms in total. The van der Waals surface area contributed by atoms with Crippen LogP contribution in [0.3, 0.4) is 0 Å². The third-order valence-electron chi connectivity index (χ3n) is 2.25. The highest BCUT2D eigenvalue weighted by molar-refractivity contribution is 14.1. The normalized spacial score (nSPS) is 20.3. The monoisotopic (exact) mass is 317 g/mol. The highest BCUT2D eigenvalue weighted by atomic mass is 127. The van der Waals surface area contributed by atoms with E-state index >= 15 is 0 Å². The number of rotatable bonds is 1. The first-order valence-electron chi connectivity index (χ1n) is 4.41. The molecule has 0 aromatic carbocycles. The maximum atomic E-state index is 12.0. The number of alkyl halides is 3. The van der Waals surface area contributed by atoms with Gasteiger partial charge in [-0.3, -0.25) is 4.90 Å². The van der Waals surface area contributed by atoms with Crippen molar-refractivity contribution in [2.75, 3.05) is 19.6 Å². The van der Waals surface area contributed by atoms with E-state index in [1.807, 2.05) is 22.6 Å². The molecule has 0 atom stereocenters. The molecule has 1 fully saturated rings. The first kappa shape index (κ1) is 12.1. The SMILES string of the molecule is FC(F)(F)CN1CCC(C#CI)CC1. The van der Waals surface area contributed by atoms with Crippen molar-refractivity contribution < 1.29 is 13.2 Å². The first-order valence-corrected chi connectivity index (χ1v) is 5.49. The van der Waals surface area contributed by atoms with Gasteiger partial charge in [-0.25, -0.2) is 0 Å². The lowest BCUT2D eigenvalue weighted by Gasteiger charge is -2.30. The van der Waals surface area contributed by atoms with E-state index in [2.05, 4.69) is 9.85 Å². The van der Waals surface area contributed by atoms with Gasteiger partial charge in [-0.1, -0.05) is 5.92 Å². The largest absolute Gasteiger partial charge is 0.401 e. The molecule has 0 bridgehead atoms. The number of piperidine rings is 1. The molecule has 1 aliphatic rings. The Morgan fingerprint density at radius 2 is 1.86 bits per heavy atom. The van der Waals surface area contributed by atoms with Crippen molar-refractivity contribution in [3.63, 3.8) is 0 Å². The molecule has 0 aromatic heterocycles. The van der Waals surface area contributed by atoms with Gasteiger partial charge in [0.05, 0.1) is 6.54 Å². The maximum absolute atomic E-state index is 12.0. The molecule has 5 heteroatoms. The summed E-state index contributed by atoms with van der Waals surface area (Å²) in [6.07, 6.45) is -2.56. The molecule has 0 aliphatic carbocycles. The lowest BCUT2D eigenvalue weighted by molar-refractivity contribution is -0.148. The van der Waals surface area contributed by atoms with Crippen molar-refractivity contribution in [1.82, 2.24) is 4.90 Å². The predicted molar refractivity (Wildman–Crippen MR) is 57.0 cm³/mol. The lowest BCUT2D eigenvalue weighted by atomic mass is 9.98. The Morgan fingerprint density at radius 1 is 1.29 bits per heavy atom. The van der Waals surface area contributed by atoms with Crippen LogP contribution < -0.4 is 0 Å². The van der Waals surface area contributed by atoms with Crippen molar-refractivity contribution in [2.45, 2.75) is 19.0 Å². The summed E-state index contributed by atoms with van der Waals surface area (Å²) in [5.74, 6) is 3.28. The molecule has 14 heavy (non-hydrogen) atoms. The number of hydrogen-bond donors (Lipinski definition) is 0. The van der Waals surface area contributed by atoms with Gasteiger partial charge in [0, 0.05) is 28.5 Å². The maximum Gasteiger partial charge on any atom is 0.401 e. The summed E-state index contributed by atoms with van der Waals surface area (Å²) in [5, 5.41) is 0. The van der Waals surface area contributed by atoms with Gasteiger partial charge in [-0.2, -0.15) is 13.2 Å². The summed E-state index contributed by atoms with van der Waals surface area (Å²) in [5.41, 5.74) is 0. The van der Waals surface area contributed by atoms with E-state index in [1.165, 1.54) is 4.90 Å². The van der Waals surface area contributed by atoms with Gasteiger partial charge < -0.3 is 0 Å². The predicted octanol–water partition coefficient (Wildman–Crippen LogP) is 2.66.